The molecule has 1 atom stereocenters. The van der Waals surface area contributed by atoms with Crippen molar-refractivity contribution >= 4 is 11.9 Å². The van der Waals surface area contributed by atoms with Gasteiger partial charge in [-0.05, 0) is 11.6 Å². The van der Waals surface area contributed by atoms with Crippen LogP contribution in [0.25, 0.3) is 0 Å². The predicted molar refractivity (Wildman–Crippen MR) is 72.0 cm³/mol. The Morgan fingerprint density at radius 1 is 1.00 bits per heavy atom. The average molecular weight is 232 g/mol. The Morgan fingerprint density at radius 3 is 2.50 bits per heavy atom. The molecule has 0 aliphatic carbocycles. The van der Waals surface area contributed by atoms with Crippen molar-refractivity contribution in [2.24, 2.45) is 4.99 Å². The van der Waals surface area contributed by atoms with E-state index in [9.17, 15) is 5.26 Å². The lowest BCUT2D eigenvalue weighted by Gasteiger charge is -2.19. The van der Waals surface area contributed by atoms with E-state index < -0.39 is 5.41 Å². The Balaban J connectivity index is 2.04. The first-order valence-electron chi connectivity index (χ1n) is 5.94. The van der Waals surface area contributed by atoms with Gasteiger partial charge in [-0.2, -0.15) is 5.26 Å². The van der Waals surface area contributed by atoms with Gasteiger partial charge in [0.2, 0.25) is 0 Å². The van der Waals surface area contributed by atoms with Gasteiger partial charge in [-0.15, -0.1) is 0 Å². The third-order valence-electron chi connectivity index (χ3n) is 3.33. The number of para-hydroxylation sites is 1. The molecule has 2 nitrogen and oxygen atoms in total. The highest BCUT2D eigenvalue weighted by atomic mass is 14.8. The summed E-state index contributed by atoms with van der Waals surface area (Å²) in [7, 11) is 0. The number of benzene rings is 2. The van der Waals surface area contributed by atoms with Gasteiger partial charge in [0, 0.05) is 18.2 Å². The number of hydrogen-bond donors (Lipinski definition) is 0. The molecule has 1 unspecified atom stereocenters. The third-order valence-corrected chi connectivity index (χ3v) is 3.33. The zero-order valence-electron chi connectivity index (χ0n) is 9.88. The fourth-order valence-corrected chi connectivity index (χ4v) is 2.40. The van der Waals surface area contributed by atoms with E-state index in [0.717, 1.165) is 16.8 Å². The molecule has 1 aliphatic rings. The van der Waals surface area contributed by atoms with Crippen molar-refractivity contribution in [3.05, 3.63) is 65.7 Å². The van der Waals surface area contributed by atoms with Crippen LogP contribution < -0.4 is 0 Å². The second-order valence-electron chi connectivity index (χ2n) is 4.52. The molecule has 86 valence electrons. The van der Waals surface area contributed by atoms with Crippen LogP contribution in [0, 0.1) is 11.3 Å². The maximum absolute atomic E-state index is 9.58. The molecule has 0 saturated heterocycles. The summed E-state index contributed by atoms with van der Waals surface area (Å²) in [4.78, 5) is 4.37. The Labute approximate surface area is 106 Å². The monoisotopic (exact) mass is 232 g/mol. The van der Waals surface area contributed by atoms with Crippen molar-refractivity contribution in [1.82, 2.24) is 0 Å². The van der Waals surface area contributed by atoms with Crippen LogP contribution >= 0.6 is 0 Å². The molecule has 0 fully saturated rings. The highest BCUT2D eigenvalue weighted by molar-refractivity contribution is 5.88. The van der Waals surface area contributed by atoms with Crippen LogP contribution in [0.1, 0.15) is 11.1 Å². The molecule has 0 radical (unpaired) electrons. The van der Waals surface area contributed by atoms with E-state index in [2.05, 4.69) is 11.1 Å². The van der Waals surface area contributed by atoms with Crippen molar-refractivity contribution < 1.29 is 0 Å². The molecule has 0 N–H and O–H groups in total. The molecular weight excluding hydrogens is 220 g/mol. The molecule has 0 saturated carbocycles. The molecule has 3 rings (SSSR count). The lowest BCUT2D eigenvalue weighted by atomic mass is 9.79. The Morgan fingerprint density at radius 2 is 1.72 bits per heavy atom. The van der Waals surface area contributed by atoms with Gasteiger partial charge in [-0.25, -0.2) is 0 Å². The van der Waals surface area contributed by atoms with Crippen molar-refractivity contribution in [1.29, 1.82) is 5.26 Å². The number of hydrogen-bond acceptors (Lipinski definition) is 2. The van der Waals surface area contributed by atoms with Gasteiger partial charge in [0.1, 0.15) is 5.41 Å². The van der Waals surface area contributed by atoms with Crippen LogP contribution in [0.4, 0.5) is 5.69 Å². The molecule has 2 aromatic rings. The molecule has 1 heterocycles. The number of aliphatic imine (C=N–C) groups is 1. The van der Waals surface area contributed by atoms with Gasteiger partial charge in [-0.3, -0.25) is 4.99 Å². The summed E-state index contributed by atoms with van der Waals surface area (Å²) in [5.41, 5.74) is 2.46. The number of nitriles is 1. The standard InChI is InChI=1S/C16H12N2/c17-11-16(10-13-6-2-1-3-7-13)12-18-15-9-5-4-8-14(15)16/h1-9,12H,10H2. The first kappa shape index (κ1) is 10.7. The molecular formula is C16H12N2. The highest BCUT2D eigenvalue weighted by Gasteiger charge is 2.36. The van der Waals surface area contributed by atoms with E-state index in [1.54, 1.807) is 6.21 Å². The zero-order valence-corrected chi connectivity index (χ0v) is 9.88. The molecule has 1 aliphatic heterocycles. The summed E-state index contributed by atoms with van der Waals surface area (Å²) < 4.78 is 0. The van der Waals surface area contributed by atoms with Gasteiger partial charge in [-0.1, -0.05) is 48.5 Å². The lowest BCUT2D eigenvalue weighted by Crippen LogP contribution is -2.26. The van der Waals surface area contributed by atoms with Gasteiger partial charge in [0.05, 0.1) is 11.8 Å². The van der Waals surface area contributed by atoms with Crippen molar-refractivity contribution in [3.8, 4) is 6.07 Å². The fraction of sp³-hybridized carbons (Fsp3) is 0.125. The smallest absolute Gasteiger partial charge is 0.123 e. The molecule has 0 spiro atoms. The largest absolute Gasteiger partial charge is 0.259 e. The highest BCUT2D eigenvalue weighted by Crippen LogP contribution is 2.38. The Bertz CT molecular complexity index is 638. The van der Waals surface area contributed by atoms with Crippen molar-refractivity contribution in [2.75, 3.05) is 0 Å². The molecule has 0 bridgehead atoms. The minimum Gasteiger partial charge on any atom is -0.259 e. The van der Waals surface area contributed by atoms with Crippen molar-refractivity contribution in [2.45, 2.75) is 11.8 Å². The van der Waals surface area contributed by atoms with E-state index in [-0.39, 0.29) is 0 Å². The summed E-state index contributed by atoms with van der Waals surface area (Å²) in [6.45, 7) is 0. The first-order valence-corrected chi connectivity index (χ1v) is 5.94. The van der Waals surface area contributed by atoms with Crippen LogP contribution in [0.15, 0.2) is 59.6 Å². The zero-order chi connectivity index (χ0) is 12.4. The summed E-state index contributed by atoms with van der Waals surface area (Å²) in [6, 6.07) is 20.4. The number of fused-ring (bicyclic) bond motifs is 1. The van der Waals surface area contributed by atoms with Crippen LogP contribution in [-0.4, -0.2) is 6.21 Å². The predicted octanol–water partition coefficient (Wildman–Crippen LogP) is 3.41. The normalized spacial score (nSPS) is 20.4. The first-order chi connectivity index (χ1) is 8.84. The molecule has 2 aromatic carbocycles. The van der Waals surface area contributed by atoms with E-state index >= 15 is 0 Å². The van der Waals surface area contributed by atoms with Gasteiger partial charge in [0.25, 0.3) is 0 Å². The fourth-order valence-electron chi connectivity index (χ4n) is 2.40. The summed E-state index contributed by atoms with van der Waals surface area (Å²) in [6.07, 6.45) is 2.45. The third kappa shape index (κ3) is 1.61. The maximum Gasteiger partial charge on any atom is 0.123 e. The molecule has 0 aromatic heterocycles. The minimum absolute atomic E-state index is 0.613. The van der Waals surface area contributed by atoms with Crippen LogP contribution in [0.5, 0.6) is 0 Å². The molecule has 18 heavy (non-hydrogen) atoms. The van der Waals surface area contributed by atoms with E-state index in [1.165, 1.54) is 0 Å². The van der Waals surface area contributed by atoms with Gasteiger partial charge in [0.15, 0.2) is 0 Å². The second kappa shape index (κ2) is 4.12. The van der Waals surface area contributed by atoms with E-state index in [4.69, 9.17) is 0 Å². The van der Waals surface area contributed by atoms with Gasteiger partial charge < -0.3 is 0 Å². The van der Waals surface area contributed by atoms with E-state index in [1.807, 2.05) is 54.6 Å². The maximum atomic E-state index is 9.58. The van der Waals surface area contributed by atoms with Crippen LogP contribution in [0.3, 0.4) is 0 Å². The molecule has 0 amide bonds. The van der Waals surface area contributed by atoms with Crippen LogP contribution in [0.2, 0.25) is 0 Å². The quantitative estimate of drug-likeness (QED) is 0.781. The summed E-state index contributed by atoms with van der Waals surface area (Å²) >= 11 is 0. The van der Waals surface area contributed by atoms with E-state index in [0.29, 0.717) is 6.42 Å². The minimum atomic E-state index is -0.613. The van der Waals surface area contributed by atoms with Gasteiger partial charge >= 0.3 is 0 Å². The number of nitrogens with zero attached hydrogens (tertiary/aromatic N) is 2. The lowest BCUT2D eigenvalue weighted by molar-refractivity contribution is 0.753. The summed E-state index contributed by atoms with van der Waals surface area (Å²) in [5, 5.41) is 9.58. The SMILES string of the molecule is N#CC1(Cc2ccccc2)C=Nc2ccccc21. The second-order valence-corrected chi connectivity index (χ2v) is 4.52. The topological polar surface area (TPSA) is 36.1 Å². The summed E-state index contributed by atoms with van der Waals surface area (Å²) in [5.74, 6) is 0. The molecule has 2 heteroatoms. The Kier molecular flexibility index (Phi) is 2.46. The number of rotatable bonds is 2. The Hall–Kier alpha value is -2.40. The average Bonchev–Trinajstić information content (AvgIpc) is 2.80. The van der Waals surface area contributed by atoms with Crippen molar-refractivity contribution in [3.63, 3.8) is 0 Å². The van der Waals surface area contributed by atoms with Crippen LogP contribution in [-0.2, 0) is 11.8 Å².